The van der Waals surface area contributed by atoms with Crippen molar-refractivity contribution in [2.24, 2.45) is 0 Å². The summed E-state index contributed by atoms with van der Waals surface area (Å²) in [4.78, 5) is 41.3. The second kappa shape index (κ2) is 10.0. The van der Waals surface area contributed by atoms with E-state index in [2.05, 4.69) is 24.0 Å². The maximum absolute atomic E-state index is 12.8. The minimum atomic E-state index is -0.338. The number of rotatable bonds is 3. The van der Waals surface area contributed by atoms with Gasteiger partial charge in [-0.3, -0.25) is 14.4 Å². The minimum absolute atomic E-state index is 0.0649. The summed E-state index contributed by atoms with van der Waals surface area (Å²) in [5, 5.41) is 0. The fourth-order valence-corrected chi connectivity index (χ4v) is 4.48. The number of hydrogen-bond donors (Lipinski definition) is 0. The van der Waals surface area contributed by atoms with Crippen LogP contribution in [0.3, 0.4) is 0 Å². The summed E-state index contributed by atoms with van der Waals surface area (Å²) in [6.45, 7) is 7.35. The molecule has 34 heavy (non-hydrogen) atoms. The Bertz CT molecular complexity index is 1230. The molecule has 0 radical (unpaired) electrons. The fraction of sp³-hybridized carbons (Fsp3) is 0.276. The van der Waals surface area contributed by atoms with E-state index in [4.69, 9.17) is 0 Å². The summed E-state index contributed by atoms with van der Waals surface area (Å²) in [6, 6.07) is 20.8. The SMILES string of the molecule is CC(=O)c1cc(N2C(=O)c3ccc(C)cc3C2=O)ccc1N1CCCCC1.Cc1ccccc1. The summed E-state index contributed by atoms with van der Waals surface area (Å²) in [6.07, 6.45) is 3.42. The normalized spacial score (nSPS) is 15.0. The number of carbonyl (C=O) groups excluding carboxylic acids is 3. The molecule has 1 saturated heterocycles. The molecule has 5 nitrogen and oxygen atoms in total. The lowest BCUT2D eigenvalue weighted by atomic mass is 10.0. The number of aryl methyl sites for hydroxylation is 2. The Morgan fingerprint density at radius 2 is 1.41 bits per heavy atom. The lowest BCUT2D eigenvalue weighted by Crippen LogP contribution is -2.32. The number of amides is 2. The van der Waals surface area contributed by atoms with Gasteiger partial charge < -0.3 is 4.90 Å². The Labute approximate surface area is 201 Å². The fourth-order valence-electron chi connectivity index (χ4n) is 4.48. The van der Waals surface area contributed by atoms with E-state index in [-0.39, 0.29) is 17.6 Å². The quantitative estimate of drug-likeness (QED) is 0.361. The van der Waals surface area contributed by atoms with Gasteiger partial charge in [0.15, 0.2) is 5.78 Å². The number of fused-ring (bicyclic) bond motifs is 1. The van der Waals surface area contributed by atoms with E-state index in [0.717, 1.165) is 37.2 Å². The number of imide groups is 1. The van der Waals surface area contributed by atoms with Gasteiger partial charge in [-0.25, -0.2) is 4.90 Å². The highest BCUT2D eigenvalue weighted by Crippen LogP contribution is 2.33. The van der Waals surface area contributed by atoms with Crippen molar-refractivity contribution >= 4 is 29.0 Å². The van der Waals surface area contributed by atoms with Crippen LogP contribution in [0.25, 0.3) is 0 Å². The number of benzene rings is 3. The van der Waals surface area contributed by atoms with Crippen molar-refractivity contribution in [3.8, 4) is 0 Å². The molecule has 2 amide bonds. The van der Waals surface area contributed by atoms with Crippen LogP contribution in [0.5, 0.6) is 0 Å². The summed E-state index contributed by atoms with van der Waals surface area (Å²) in [5.74, 6) is -0.737. The first-order chi connectivity index (χ1) is 16.4. The van der Waals surface area contributed by atoms with Gasteiger partial charge in [0.25, 0.3) is 11.8 Å². The van der Waals surface area contributed by atoms with Gasteiger partial charge in [-0.15, -0.1) is 0 Å². The van der Waals surface area contributed by atoms with Crippen LogP contribution < -0.4 is 9.80 Å². The third-order valence-corrected chi connectivity index (χ3v) is 6.30. The van der Waals surface area contributed by atoms with Crippen LogP contribution in [-0.2, 0) is 0 Å². The number of ketones is 1. The Morgan fingerprint density at radius 3 is 2.03 bits per heavy atom. The number of carbonyl (C=O) groups is 3. The lowest BCUT2D eigenvalue weighted by molar-refractivity contribution is 0.0923. The highest BCUT2D eigenvalue weighted by Gasteiger charge is 2.37. The summed E-state index contributed by atoms with van der Waals surface area (Å²) in [7, 11) is 0. The van der Waals surface area contributed by atoms with Gasteiger partial charge in [-0.2, -0.15) is 0 Å². The predicted octanol–water partition coefficient (Wildman–Crippen LogP) is 5.98. The van der Waals surface area contributed by atoms with Crippen LogP contribution in [0.2, 0.25) is 0 Å². The van der Waals surface area contributed by atoms with Crippen molar-refractivity contribution in [1.29, 1.82) is 0 Å². The van der Waals surface area contributed by atoms with E-state index in [9.17, 15) is 14.4 Å². The van der Waals surface area contributed by atoms with Crippen molar-refractivity contribution in [2.45, 2.75) is 40.0 Å². The van der Waals surface area contributed by atoms with Crippen molar-refractivity contribution < 1.29 is 14.4 Å². The standard InChI is InChI=1S/C22H22N2O3.C7H8/c1-14-6-8-17-19(12-14)22(27)24(21(17)26)16-7-9-20(18(13-16)15(2)25)23-10-4-3-5-11-23;1-7-5-3-2-4-6-7/h6-9,12-13H,3-5,10-11H2,1-2H3;2-6H,1H3. The van der Waals surface area contributed by atoms with Crippen LogP contribution in [-0.4, -0.2) is 30.7 Å². The highest BCUT2D eigenvalue weighted by molar-refractivity contribution is 6.34. The van der Waals surface area contributed by atoms with E-state index in [1.165, 1.54) is 23.8 Å². The Hall–Kier alpha value is -3.73. The molecule has 2 aliphatic heterocycles. The van der Waals surface area contributed by atoms with Crippen molar-refractivity contribution in [1.82, 2.24) is 0 Å². The first-order valence-corrected chi connectivity index (χ1v) is 11.8. The molecule has 0 saturated carbocycles. The molecule has 2 heterocycles. The smallest absolute Gasteiger partial charge is 0.266 e. The molecule has 1 fully saturated rings. The number of Topliss-reactive ketones (excluding diaryl/α,β-unsaturated/α-hetero) is 1. The van der Waals surface area contributed by atoms with Gasteiger partial charge in [0.1, 0.15) is 0 Å². The topological polar surface area (TPSA) is 57.7 Å². The van der Waals surface area contributed by atoms with Gasteiger partial charge in [-0.05, 0) is 70.4 Å². The van der Waals surface area contributed by atoms with Crippen LogP contribution in [0.4, 0.5) is 11.4 Å². The molecule has 0 atom stereocenters. The molecule has 5 rings (SSSR count). The predicted molar refractivity (Wildman–Crippen MR) is 136 cm³/mol. The average Bonchev–Trinajstić information content (AvgIpc) is 3.09. The average molecular weight is 455 g/mol. The minimum Gasteiger partial charge on any atom is -0.371 e. The lowest BCUT2D eigenvalue weighted by Gasteiger charge is -2.30. The largest absolute Gasteiger partial charge is 0.371 e. The molecular weight excluding hydrogens is 424 g/mol. The molecule has 0 spiro atoms. The number of hydrogen-bond acceptors (Lipinski definition) is 4. The van der Waals surface area contributed by atoms with Crippen molar-refractivity contribution in [3.05, 3.63) is 94.5 Å². The van der Waals surface area contributed by atoms with Gasteiger partial charge in [0.05, 0.1) is 16.8 Å². The van der Waals surface area contributed by atoms with E-state index in [1.54, 1.807) is 24.3 Å². The third-order valence-electron chi connectivity index (χ3n) is 6.30. The third kappa shape index (κ3) is 4.79. The first-order valence-electron chi connectivity index (χ1n) is 11.8. The maximum atomic E-state index is 12.8. The molecule has 0 aliphatic carbocycles. The van der Waals surface area contributed by atoms with Crippen LogP contribution in [0.15, 0.2) is 66.7 Å². The molecule has 0 N–H and O–H groups in total. The molecule has 3 aromatic carbocycles. The Morgan fingerprint density at radius 1 is 0.735 bits per heavy atom. The maximum Gasteiger partial charge on any atom is 0.266 e. The molecule has 174 valence electrons. The Kier molecular flexibility index (Phi) is 6.92. The molecule has 0 unspecified atom stereocenters. The first kappa shape index (κ1) is 23.4. The molecule has 5 heteroatoms. The number of anilines is 2. The van der Waals surface area contributed by atoms with E-state index < -0.39 is 0 Å². The molecule has 2 aliphatic rings. The van der Waals surface area contributed by atoms with Crippen LogP contribution in [0.1, 0.15) is 68.4 Å². The van der Waals surface area contributed by atoms with Gasteiger partial charge in [0.2, 0.25) is 0 Å². The second-order valence-corrected chi connectivity index (χ2v) is 8.95. The van der Waals surface area contributed by atoms with Crippen molar-refractivity contribution in [2.75, 3.05) is 22.9 Å². The molecular formula is C29H30N2O3. The van der Waals surface area contributed by atoms with Crippen LogP contribution >= 0.6 is 0 Å². The number of piperidine rings is 1. The zero-order valence-electron chi connectivity index (χ0n) is 20.0. The zero-order chi connectivity index (χ0) is 24.2. The van der Waals surface area contributed by atoms with E-state index >= 15 is 0 Å². The van der Waals surface area contributed by atoms with Gasteiger partial charge in [0, 0.05) is 24.3 Å². The second-order valence-electron chi connectivity index (χ2n) is 8.95. The van der Waals surface area contributed by atoms with Crippen molar-refractivity contribution in [3.63, 3.8) is 0 Å². The Balaban J connectivity index is 0.000000336. The molecule has 3 aromatic rings. The summed E-state index contributed by atoms with van der Waals surface area (Å²) >= 11 is 0. The summed E-state index contributed by atoms with van der Waals surface area (Å²) in [5.41, 5.74) is 4.98. The number of nitrogens with zero attached hydrogens (tertiary/aromatic N) is 2. The highest BCUT2D eigenvalue weighted by atomic mass is 16.2. The van der Waals surface area contributed by atoms with Gasteiger partial charge >= 0.3 is 0 Å². The van der Waals surface area contributed by atoms with E-state index in [0.29, 0.717) is 22.4 Å². The summed E-state index contributed by atoms with van der Waals surface area (Å²) < 4.78 is 0. The van der Waals surface area contributed by atoms with Crippen LogP contribution in [0, 0.1) is 13.8 Å². The molecule has 0 bridgehead atoms. The molecule has 0 aromatic heterocycles. The zero-order valence-corrected chi connectivity index (χ0v) is 20.0. The van der Waals surface area contributed by atoms with Gasteiger partial charge in [-0.1, -0.05) is 47.5 Å². The monoisotopic (exact) mass is 454 g/mol. The van der Waals surface area contributed by atoms with E-state index in [1.807, 2.05) is 37.3 Å².